The third-order valence-electron chi connectivity index (χ3n) is 6.80. The molecule has 2 aromatic heterocycles. The minimum Gasteiger partial charge on any atom is -0.497 e. The largest absolute Gasteiger partial charge is 0.497 e. The van der Waals surface area contributed by atoms with Gasteiger partial charge >= 0.3 is 0 Å². The predicted octanol–water partition coefficient (Wildman–Crippen LogP) is 4.73. The summed E-state index contributed by atoms with van der Waals surface area (Å²) < 4.78 is 30.4. The molecular formula is C27H28N4O5. The lowest BCUT2D eigenvalue weighted by molar-refractivity contribution is 0.290. The maximum Gasteiger partial charge on any atom is 0.214 e. The molecule has 0 saturated carbocycles. The molecule has 4 heterocycles. The smallest absolute Gasteiger partial charge is 0.214 e. The Morgan fingerprint density at radius 3 is 2.58 bits per heavy atom. The van der Waals surface area contributed by atoms with Gasteiger partial charge in [-0.3, -0.25) is 0 Å². The van der Waals surface area contributed by atoms with Gasteiger partial charge in [-0.1, -0.05) is 0 Å². The zero-order valence-electron chi connectivity index (χ0n) is 20.6. The van der Waals surface area contributed by atoms with Crippen molar-refractivity contribution in [3.63, 3.8) is 0 Å². The summed E-state index contributed by atoms with van der Waals surface area (Å²) in [7, 11) is 4.94. The van der Waals surface area contributed by atoms with Crippen LogP contribution >= 0.6 is 0 Å². The Balaban J connectivity index is 1.25. The molecule has 9 nitrogen and oxygen atoms in total. The first-order chi connectivity index (χ1) is 17.6. The monoisotopic (exact) mass is 488 g/mol. The quantitative estimate of drug-likeness (QED) is 0.372. The number of methoxy groups -OCH3 is 3. The number of hydrogen-bond acceptors (Lipinski definition) is 8. The maximum absolute atomic E-state index is 6.41. The molecule has 9 heteroatoms. The molecule has 1 fully saturated rings. The van der Waals surface area contributed by atoms with Crippen LogP contribution in [-0.4, -0.2) is 56.1 Å². The molecule has 4 aromatic rings. The van der Waals surface area contributed by atoms with Gasteiger partial charge in [-0.25, -0.2) is 9.66 Å². The van der Waals surface area contributed by atoms with Crippen LogP contribution in [0.3, 0.4) is 0 Å². The number of ether oxygens (including phenoxy) is 4. The van der Waals surface area contributed by atoms with Gasteiger partial charge in [0.2, 0.25) is 5.90 Å². The van der Waals surface area contributed by atoms with E-state index in [1.165, 1.54) is 5.69 Å². The Morgan fingerprint density at radius 1 is 1.00 bits per heavy atom. The lowest BCUT2D eigenvalue weighted by atomic mass is 10.2. The molecule has 0 N–H and O–H groups in total. The van der Waals surface area contributed by atoms with Crippen LogP contribution in [0.5, 0.6) is 17.2 Å². The zero-order chi connectivity index (χ0) is 24.6. The van der Waals surface area contributed by atoms with Crippen molar-refractivity contribution in [2.45, 2.75) is 25.3 Å². The number of anilines is 1. The highest BCUT2D eigenvalue weighted by atomic mass is 16.5. The van der Waals surface area contributed by atoms with Crippen LogP contribution in [0.25, 0.3) is 22.4 Å². The number of aromatic nitrogens is 2. The molecule has 0 spiro atoms. The lowest BCUT2D eigenvalue weighted by Gasteiger charge is -2.27. The van der Waals surface area contributed by atoms with Crippen LogP contribution < -0.4 is 19.1 Å². The summed E-state index contributed by atoms with van der Waals surface area (Å²) in [6, 6.07) is 14.2. The molecule has 2 aliphatic heterocycles. The van der Waals surface area contributed by atoms with E-state index in [9.17, 15) is 0 Å². The molecule has 36 heavy (non-hydrogen) atoms. The standard InChI is InChI=1S/C27H28N4O5/c1-32-19-8-6-17(7-9-19)30-10-4-5-18(30)16-35-23-11-20(33-2)12-24-21(23)13-25(36-24)22-15-31-26(28-22)14-27(29-31)34-3/h6-9,11-13,15,18H,4-5,10,14,16H2,1-3H3/t18-/m0/s1. The van der Waals surface area contributed by atoms with Crippen LogP contribution in [0.15, 0.2) is 58.2 Å². The van der Waals surface area contributed by atoms with Crippen molar-refractivity contribution < 1.29 is 23.4 Å². The Hall–Kier alpha value is -4.14. The van der Waals surface area contributed by atoms with Crippen LogP contribution in [0.4, 0.5) is 5.69 Å². The van der Waals surface area contributed by atoms with Crippen molar-refractivity contribution in [3.8, 4) is 28.7 Å². The molecule has 0 radical (unpaired) electrons. The van der Waals surface area contributed by atoms with Crippen LogP contribution in [0.2, 0.25) is 0 Å². The number of rotatable bonds is 7. The number of furan rings is 1. The summed E-state index contributed by atoms with van der Waals surface area (Å²) in [5.74, 6) is 4.38. The van der Waals surface area contributed by atoms with Gasteiger partial charge in [0, 0.05) is 24.4 Å². The second-order valence-corrected chi connectivity index (χ2v) is 8.91. The van der Waals surface area contributed by atoms with Gasteiger partial charge in [0.25, 0.3) is 0 Å². The zero-order valence-corrected chi connectivity index (χ0v) is 20.6. The van der Waals surface area contributed by atoms with Crippen molar-refractivity contribution in [3.05, 3.63) is 54.5 Å². The van der Waals surface area contributed by atoms with E-state index in [0.717, 1.165) is 42.1 Å². The fraction of sp³-hybridized carbons (Fsp3) is 0.333. The van der Waals surface area contributed by atoms with E-state index in [1.54, 1.807) is 26.0 Å². The van der Waals surface area contributed by atoms with Crippen molar-refractivity contribution >= 4 is 22.6 Å². The van der Waals surface area contributed by atoms with Gasteiger partial charge in [0.15, 0.2) is 5.76 Å². The first-order valence-electron chi connectivity index (χ1n) is 12.0. The van der Waals surface area contributed by atoms with Crippen LogP contribution in [-0.2, 0) is 11.2 Å². The van der Waals surface area contributed by atoms with E-state index in [1.807, 2.05) is 36.5 Å². The molecule has 0 unspecified atom stereocenters. The van der Waals surface area contributed by atoms with Gasteiger partial charge in [0.05, 0.1) is 45.4 Å². The fourth-order valence-corrected chi connectivity index (χ4v) is 4.89. The average Bonchev–Trinajstić information content (AvgIpc) is 3.69. The molecule has 2 aliphatic rings. The highest BCUT2D eigenvalue weighted by Gasteiger charge is 2.26. The van der Waals surface area contributed by atoms with E-state index >= 15 is 0 Å². The summed E-state index contributed by atoms with van der Waals surface area (Å²) in [5, 5.41) is 5.26. The van der Waals surface area contributed by atoms with Crippen LogP contribution in [0, 0.1) is 0 Å². The molecule has 0 aliphatic carbocycles. The summed E-state index contributed by atoms with van der Waals surface area (Å²) in [6.45, 7) is 1.56. The first-order valence-corrected chi connectivity index (χ1v) is 12.0. The summed E-state index contributed by atoms with van der Waals surface area (Å²) >= 11 is 0. The Labute approximate surface area is 208 Å². The molecule has 0 bridgehead atoms. The van der Waals surface area contributed by atoms with E-state index < -0.39 is 0 Å². The Morgan fingerprint density at radius 2 is 1.83 bits per heavy atom. The van der Waals surface area contributed by atoms with Crippen LogP contribution in [0.1, 0.15) is 18.7 Å². The van der Waals surface area contributed by atoms with Gasteiger partial charge in [-0.15, -0.1) is 5.10 Å². The number of nitrogens with zero attached hydrogens (tertiary/aromatic N) is 4. The first kappa shape index (κ1) is 22.3. The molecule has 186 valence electrons. The van der Waals surface area contributed by atoms with E-state index in [2.05, 4.69) is 27.1 Å². The minimum atomic E-state index is 0.273. The molecule has 2 aromatic carbocycles. The van der Waals surface area contributed by atoms with Crippen molar-refractivity contribution in [2.75, 3.05) is 39.4 Å². The third-order valence-corrected chi connectivity index (χ3v) is 6.80. The highest BCUT2D eigenvalue weighted by molar-refractivity contribution is 5.89. The van der Waals surface area contributed by atoms with Gasteiger partial charge in [0.1, 0.15) is 41.0 Å². The average molecular weight is 489 g/mol. The third kappa shape index (κ3) is 4.00. The molecule has 1 atom stereocenters. The fourth-order valence-electron chi connectivity index (χ4n) is 4.89. The maximum atomic E-state index is 6.41. The molecule has 1 saturated heterocycles. The number of hydrogen-bond donors (Lipinski definition) is 0. The Kier molecular flexibility index (Phi) is 5.67. The van der Waals surface area contributed by atoms with Crippen molar-refractivity contribution in [1.82, 2.24) is 9.66 Å². The second-order valence-electron chi connectivity index (χ2n) is 8.91. The molecule has 6 rings (SSSR count). The minimum absolute atomic E-state index is 0.273. The Bertz CT molecular complexity index is 1420. The van der Waals surface area contributed by atoms with E-state index in [-0.39, 0.29) is 6.04 Å². The van der Waals surface area contributed by atoms with E-state index in [4.69, 9.17) is 23.4 Å². The molecule has 0 amide bonds. The highest BCUT2D eigenvalue weighted by Crippen LogP contribution is 2.38. The SMILES string of the molecule is COC1=Nn2cc(-c3cc4c(OC[C@@H]5CCCN5c5ccc(OC)cc5)cc(OC)cc4o3)nc2C1. The van der Waals surface area contributed by atoms with Gasteiger partial charge in [-0.05, 0) is 43.2 Å². The lowest BCUT2D eigenvalue weighted by Crippen LogP contribution is -2.34. The summed E-state index contributed by atoms with van der Waals surface area (Å²) in [5.41, 5.74) is 2.58. The number of imidazole rings is 1. The topological polar surface area (TPSA) is 83.5 Å². The summed E-state index contributed by atoms with van der Waals surface area (Å²) in [4.78, 5) is 7.08. The van der Waals surface area contributed by atoms with Gasteiger partial charge < -0.3 is 28.3 Å². The van der Waals surface area contributed by atoms with Crippen molar-refractivity contribution in [2.24, 2.45) is 5.10 Å². The van der Waals surface area contributed by atoms with Gasteiger partial charge in [-0.2, -0.15) is 0 Å². The van der Waals surface area contributed by atoms with E-state index in [0.29, 0.717) is 41.7 Å². The second kappa shape index (κ2) is 9.14. The number of fused-ring (bicyclic) bond motifs is 2. The molecular weight excluding hydrogens is 460 g/mol. The number of benzene rings is 2. The van der Waals surface area contributed by atoms with Crippen molar-refractivity contribution in [1.29, 1.82) is 0 Å². The predicted molar refractivity (Wildman–Crippen MR) is 136 cm³/mol. The summed E-state index contributed by atoms with van der Waals surface area (Å²) in [6.07, 6.45) is 4.61. The normalized spacial score (nSPS) is 16.8.